The molecule has 1 aliphatic carbocycles. The lowest BCUT2D eigenvalue weighted by molar-refractivity contribution is -0.00384. The minimum atomic E-state index is -0.0962. The lowest BCUT2D eigenvalue weighted by atomic mass is 9.99. The van der Waals surface area contributed by atoms with E-state index in [0.29, 0.717) is 12.0 Å². The molecule has 17 heavy (non-hydrogen) atoms. The van der Waals surface area contributed by atoms with Crippen molar-refractivity contribution in [2.24, 2.45) is 5.92 Å². The van der Waals surface area contributed by atoms with Crippen LogP contribution in [0, 0.1) is 5.92 Å². The van der Waals surface area contributed by atoms with Gasteiger partial charge >= 0.3 is 0 Å². The van der Waals surface area contributed by atoms with Gasteiger partial charge in [0, 0.05) is 26.2 Å². The van der Waals surface area contributed by atoms with E-state index in [0.717, 1.165) is 39.1 Å². The van der Waals surface area contributed by atoms with Crippen LogP contribution >= 0.6 is 0 Å². The number of ether oxygens (including phenoxy) is 1. The highest BCUT2D eigenvalue weighted by molar-refractivity contribution is 4.80. The number of β-amino-alcohol motifs (C(OH)–C–C–N with tert-alkyl or cyclic N) is 1. The summed E-state index contributed by atoms with van der Waals surface area (Å²) < 4.78 is 5.65. The van der Waals surface area contributed by atoms with Crippen molar-refractivity contribution in [3.63, 3.8) is 0 Å². The van der Waals surface area contributed by atoms with E-state index in [9.17, 15) is 5.11 Å². The Kier molecular flexibility index (Phi) is 5.26. The predicted octanol–water partition coefficient (Wildman–Crippen LogP) is 2.04. The molecule has 2 aliphatic rings. The summed E-state index contributed by atoms with van der Waals surface area (Å²) in [7, 11) is 0. The summed E-state index contributed by atoms with van der Waals surface area (Å²) in [5, 5.41) is 10.2. The van der Waals surface area contributed by atoms with Crippen molar-refractivity contribution in [1.29, 1.82) is 0 Å². The maximum atomic E-state index is 10.2. The lowest BCUT2D eigenvalue weighted by Gasteiger charge is -2.34. The second kappa shape index (κ2) is 6.72. The SMILES string of the molecule is CCOC1CCN(CC(O)C2CCCC2)CC1. The average molecular weight is 241 g/mol. The van der Waals surface area contributed by atoms with Gasteiger partial charge in [-0.15, -0.1) is 0 Å². The fourth-order valence-corrected chi connectivity index (χ4v) is 3.25. The Morgan fingerprint density at radius 1 is 1.18 bits per heavy atom. The van der Waals surface area contributed by atoms with Crippen LogP contribution in [0.4, 0.5) is 0 Å². The van der Waals surface area contributed by atoms with Crippen LogP contribution in [-0.4, -0.2) is 48.5 Å². The van der Waals surface area contributed by atoms with E-state index in [1.54, 1.807) is 0 Å². The third-order valence-corrected chi connectivity index (χ3v) is 4.33. The summed E-state index contributed by atoms with van der Waals surface area (Å²) >= 11 is 0. The van der Waals surface area contributed by atoms with E-state index in [-0.39, 0.29) is 6.10 Å². The zero-order valence-corrected chi connectivity index (χ0v) is 11.1. The number of nitrogens with zero attached hydrogens (tertiary/aromatic N) is 1. The summed E-state index contributed by atoms with van der Waals surface area (Å²) in [5.41, 5.74) is 0. The predicted molar refractivity (Wildman–Crippen MR) is 69.1 cm³/mol. The molecule has 0 radical (unpaired) electrons. The van der Waals surface area contributed by atoms with Crippen LogP contribution in [0.1, 0.15) is 45.4 Å². The Labute approximate surface area is 105 Å². The Morgan fingerprint density at radius 2 is 1.82 bits per heavy atom. The van der Waals surface area contributed by atoms with Crippen LogP contribution in [-0.2, 0) is 4.74 Å². The van der Waals surface area contributed by atoms with Crippen LogP contribution in [0.3, 0.4) is 0 Å². The van der Waals surface area contributed by atoms with E-state index >= 15 is 0 Å². The van der Waals surface area contributed by atoms with Gasteiger partial charge in [0.1, 0.15) is 0 Å². The second-order valence-corrected chi connectivity index (χ2v) is 5.57. The first kappa shape index (κ1) is 13.3. The van der Waals surface area contributed by atoms with Gasteiger partial charge in [0.15, 0.2) is 0 Å². The highest BCUT2D eigenvalue weighted by Gasteiger charge is 2.27. The first-order valence-electron chi connectivity index (χ1n) is 7.31. The van der Waals surface area contributed by atoms with Crippen molar-refractivity contribution in [2.75, 3.05) is 26.2 Å². The third-order valence-electron chi connectivity index (χ3n) is 4.33. The molecule has 2 rings (SSSR count). The molecule has 1 aliphatic heterocycles. The fourth-order valence-electron chi connectivity index (χ4n) is 3.25. The number of aliphatic hydroxyl groups excluding tert-OH is 1. The van der Waals surface area contributed by atoms with Crippen LogP contribution in [0.5, 0.6) is 0 Å². The van der Waals surface area contributed by atoms with Crippen molar-refractivity contribution in [1.82, 2.24) is 4.90 Å². The number of aliphatic hydroxyl groups is 1. The molecule has 3 nitrogen and oxygen atoms in total. The van der Waals surface area contributed by atoms with Crippen molar-refractivity contribution in [2.45, 2.75) is 57.7 Å². The average Bonchev–Trinajstić information content (AvgIpc) is 2.86. The van der Waals surface area contributed by atoms with Crippen molar-refractivity contribution < 1.29 is 9.84 Å². The number of likely N-dealkylation sites (tertiary alicyclic amines) is 1. The summed E-state index contributed by atoms with van der Waals surface area (Å²) in [4.78, 5) is 2.42. The largest absolute Gasteiger partial charge is 0.392 e. The third kappa shape index (κ3) is 3.94. The maximum Gasteiger partial charge on any atom is 0.0695 e. The zero-order valence-electron chi connectivity index (χ0n) is 11.1. The molecule has 0 aromatic heterocycles. The summed E-state index contributed by atoms with van der Waals surface area (Å²) in [5.74, 6) is 0.569. The topological polar surface area (TPSA) is 32.7 Å². The van der Waals surface area contributed by atoms with Gasteiger partial charge in [0.05, 0.1) is 12.2 Å². The smallest absolute Gasteiger partial charge is 0.0695 e. The monoisotopic (exact) mass is 241 g/mol. The van der Waals surface area contributed by atoms with E-state index in [2.05, 4.69) is 11.8 Å². The molecule has 3 heteroatoms. The van der Waals surface area contributed by atoms with E-state index < -0.39 is 0 Å². The Bertz CT molecular complexity index is 208. The van der Waals surface area contributed by atoms with Crippen molar-refractivity contribution >= 4 is 0 Å². The van der Waals surface area contributed by atoms with Gasteiger partial charge in [-0.1, -0.05) is 12.8 Å². The van der Waals surface area contributed by atoms with Crippen LogP contribution in [0.25, 0.3) is 0 Å². The minimum Gasteiger partial charge on any atom is -0.392 e. The molecule has 100 valence electrons. The Hall–Kier alpha value is -0.120. The molecule has 1 unspecified atom stereocenters. The number of rotatable bonds is 5. The molecule has 1 heterocycles. The van der Waals surface area contributed by atoms with Crippen LogP contribution in [0.2, 0.25) is 0 Å². The number of hydrogen-bond acceptors (Lipinski definition) is 3. The van der Waals surface area contributed by atoms with Crippen LogP contribution < -0.4 is 0 Å². The molecule has 1 atom stereocenters. The highest BCUT2D eigenvalue weighted by atomic mass is 16.5. The molecule has 2 fully saturated rings. The van der Waals surface area contributed by atoms with E-state index in [1.165, 1.54) is 25.7 Å². The fraction of sp³-hybridized carbons (Fsp3) is 1.00. The van der Waals surface area contributed by atoms with Gasteiger partial charge in [0.2, 0.25) is 0 Å². The number of piperidine rings is 1. The quantitative estimate of drug-likeness (QED) is 0.799. The minimum absolute atomic E-state index is 0.0962. The molecule has 0 aromatic carbocycles. The molecule has 0 bridgehead atoms. The van der Waals surface area contributed by atoms with Gasteiger partial charge in [-0.25, -0.2) is 0 Å². The van der Waals surface area contributed by atoms with Gasteiger partial charge < -0.3 is 14.7 Å². The second-order valence-electron chi connectivity index (χ2n) is 5.57. The molecule has 0 aromatic rings. The molecule has 0 spiro atoms. The van der Waals surface area contributed by atoms with E-state index in [1.807, 2.05) is 0 Å². The standard InChI is InChI=1S/C14H27NO2/c1-2-17-13-7-9-15(10-8-13)11-14(16)12-5-3-4-6-12/h12-14,16H,2-11H2,1H3. The summed E-state index contributed by atoms with van der Waals surface area (Å²) in [6.07, 6.45) is 7.72. The van der Waals surface area contributed by atoms with Crippen molar-refractivity contribution in [3.8, 4) is 0 Å². The molecule has 0 amide bonds. The van der Waals surface area contributed by atoms with Gasteiger partial charge in [-0.05, 0) is 38.5 Å². The first-order valence-corrected chi connectivity index (χ1v) is 7.31. The van der Waals surface area contributed by atoms with Gasteiger partial charge in [0.25, 0.3) is 0 Å². The number of hydrogen-bond donors (Lipinski definition) is 1. The molecule has 1 saturated carbocycles. The molecule has 1 N–H and O–H groups in total. The van der Waals surface area contributed by atoms with Gasteiger partial charge in [-0.2, -0.15) is 0 Å². The normalized spacial score (nSPS) is 26.5. The Balaban J connectivity index is 1.66. The zero-order chi connectivity index (χ0) is 12.1. The maximum absolute atomic E-state index is 10.2. The first-order chi connectivity index (χ1) is 8.29. The molecular weight excluding hydrogens is 214 g/mol. The lowest BCUT2D eigenvalue weighted by Crippen LogP contribution is -2.42. The highest BCUT2D eigenvalue weighted by Crippen LogP contribution is 2.28. The van der Waals surface area contributed by atoms with Crippen LogP contribution in [0.15, 0.2) is 0 Å². The molecular formula is C14H27NO2. The summed E-state index contributed by atoms with van der Waals surface area (Å²) in [6.45, 7) is 5.96. The molecule has 1 saturated heterocycles. The van der Waals surface area contributed by atoms with Gasteiger partial charge in [-0.3, -0.25) is 0 Å². The van der Waals surface area contributed by atoms with Crippen molar-refractivity contribution in [3.05, 3.63) is 0 Å². The summed E-state index contributed by atoms with van der Waals surface area (Å²) in [6, 6.07) is 0. The Morgan fingerprint density at radius 3 is 2.41 bits per heavy atom. The van der Waals surface area contributed by atoms with E-state index in [4.69, 9.17) is 4.74 Å².